The van der Waals surface area contributed by atoms with Gasteiger partial charge in [-0.15, -0.1) is 0 Å². The number of hydrogen-bond donors (Lipinski definition) is 1. The molecular weight excluding hydrogens is 210 g/mol. The molecule has 0 bridgehead atoms. The van der Waals surface area contributed by atoms with E-state index in [2.05, 4.69) is 5.32 Å². The second-order valence-corrected chi connectivity index (χ2v) is 5.39. The molecule has 0 spiro atoms. The Kier molecular flexibility index (Phi) is 5.47. The molecule has 1 N–H and O–H groups in total. The minimum atomic E-state index is -0.129. The molecular formula is C11H21NO2S. The van der Waals surface area contributed by atoms with Gasteiger partial charge in [-0.05, 0) is 37.3 Å². The summed E-state index contributed by atoms with van der Waals surface area (Å²) in [5.74, 6) is 3.13. The van der Waals surface area contributed by atoms with Gasteiger partial charge >= 0.3 is 5.97 Å². The molecule has 15 heavy (non-hydrogen) atoms. The predicted octanol–water partition coefficient (Wildman–Crippen LogP) is 1.53. The van der Waals surface area contributed by atoms with Gasteiger partial charge < -0.3 is 10.1 Å². The summed E-state index contributed by atoms with van der Waals surface area (Å²) in [6, 6.07) is 0.197. The monoisotopic (exact) mass is 231 g/mol. The molecule has 1 heterocycles. The second-order valence-electron chi connectivity index (χ2n) is 4.24. The number of ether oxygens (including phenoxy) is 1. The van der Waals surface area contributed by atoms with E-state index in [-0.39, 0.29) is 17.9 Å². The molecule has 1 rings (SSSR count). The maximum absolute atomic E-state index is 11.3. The number of esters is 1. The van der Waals surface area contributed by atoms with Crippen LogP contribution in [0.4, 0.5) is 0 Å². The zero-order chi connectivity index (χ0) is 11.3. The van der Waals surface area contributed by atoms with Crippen LogP contribution in [0.1, 0.15) is 20.3 Å². The third-order valence-electron chi connectivity index (χ3n) is 3.08. The number of nitrogens with one attached hydrogen (secondary N) is 1. The van der Waals surface area contributed by atoms with Gasteiger partial charge in [0.15, 0.2) is 0 Å². The summed E-state index contributed by atoms with van der Waals surface area (Å²) < 4.78 is 4.72. The van der Waals surface area contributed by atoms with Crippen LogP contribution in [0.3, 0.4) is 0 Å². The normalized spacial score (nSPS) is 24.9. The highest BCUT2D eigenvalue weighted by Crippen LogP contribution is 2.22. The molecule has 0 aromatic rings. The smallest absolute Gasteiger partial charge is 0.309 e. The molecule has 0 aliphatic carbocycles. The van der Waals surface area contributed by atoms with Crippen LogP contribution in [0.2, 0.25) is 0 Å². The Bertz CT molecular complexity index is 205. The van der Waals surface area contributed by atoms with Gasteiger partial charge in [0.05, 0.1) is 13.0 Å². The summed E-state index contributed by atoms with van der Waals surface area (Å²) in [5.41, 5.74) is 0. The summed E-state index contributed by atoms with van der Waals surface area (Å²) in [6.45, 7) is 4.98. The van der Waals surface area contributed by atoms with E-state index in [1.165, 1.54) is 25.0 Å². The summed E-state index contributed by atoms with van der Waals surface area (Å²) in [5, 5.41) is 3.43. The Hall–Kier alpha value is -0.220. The molecule has 0 amide bonds. The van der Waals surface area contributed by atoms with Crippen molar-refractivity contribution in [2.75, 3.05) is 25.2 Å². The summed E-state index contributed by atoms with van der Waals surface area (Å²) in [6.07, 6.45) is 1.30. The molecule has 0 aromatic heterocycles. The van der Waals surface area contributed by atoms with Crippen molar-refractivity contribution < 1.29 is 9.53 Å². The molecule has 3 unspecified atom stereocenters. The molecule has 4 heteroatoms. The number of methoxy groups -OCH3 is 1. The van der Waals surface area contributed by atoms with E-state index >= 15 is 0 Å². The zero-order valence-electron chi connectivity index (χ0n) is 9.79. The zero-order valence-corrected chi connectivity index (χ0v) is 10.6. The predicted molar refractivity (Wildman–Crippen MR) is 64.1 cm³/mol. The molecule has 88 valence electrons. The van der Waals surface area contributed by atoms with Gasteiger partial charge in [0.1, 0.15) is 0 Å². The third-order valence-corrected chi connectivity index (χ3v) is 4.31. The Balaban J connectivity index is 2.22. The van der Waals surface area contributed by atoms with Crippen LogP contribution in [0, 0.1) is 11.8 Å². The van der Waals surface area contributed by atoms with E-state index in [1.807, 2.05) is 25.6 Å². The van der Waals surface area contributed by atoms with E-state index in [9.17, 15) is 4.79 Å². The molecule has 1 aliphatic heterocycles. The fourth-order valence-electron chi connectivity index (χ4n) is 1.66. The maximum Gasteiger partial charge on any atom is 0.309 e. The average Bonchev–Trinajstić information content (AvgIpc) is 2.76. The van der Waals surface area contributed by atoms with Crippen molar-refractivity contribution in [1.82, 2.24) is 5.32 Å². The molecule has 3 nitrogen and oxygen atoms in total. The summed E-state index contributed by atoms with van der Waals surface area (Å²) >= 11 is 2.02. The third kappa shape index (κ3) is 4.03. The fraction of sp³-hybridized carbons (Fsp3) is 0.909. The number of rotatable bonds is 5. The first kappa shape index (κ1) is 12.8. The van der Waals surface area contributed by atoms with Crippen molar-refractivity contribution in [2.45, 2.75) is 26.3 Å². The first-order valence-corrected chi connectivity index (χ1v) is 6.69. The Morgan fingerprint density at radius 2 is 2.33 bits per heavy atom. The van der Waals surface area contributed by atoms with Crippen molar-refractivity contribution in [3.05, 3.63) is 0 Å². The Morgan fingerprint density at radius 1 is 1.60 bits per heavy atom. The molecule has 0 aromatic carbocycles. The van der Waals surface area contributed by atoms with Crippen LogP contribution >= 0.6 is 11.8 Å². The van der Waals surface area contributed by atoms with Gasteiger partial charge in [0.25, 0.3) is 0 Å². The van der Waals surface area contributed by atoms with Crippen molar-refractivity contribution >= 4 is 17.7 Å². The number of thioether (sulfide) groups is 1. The van der Waals surface area contributed by atoms with Crippen LogP contribution in [0.5, 0.6) is 0 Å². The van der Waals surface area contributed by atoms with Gasteiger partial charge in [-0.1, -0.05) is 6.92 Å². The number of hydrogen-bond acceptors (Lipinski definition) is 4. The maximum atomic E-state index is 11.3. The van der Waals surface area contributed by atoms with Crippen LogP contribution in [-0.4, -0.2) is 37.2 Å². The van der Waals surface area contributed by atoms with E-state index in [1.54, 1.807) is 0 Å². The Morgan fingerprint density at radius 3 is 2.87 bits per heavy atom. The molecule has 1 aliphatic rings. The molecule has 3 atom stereocenters. The summed E-state index contributed by atoms with van der Waals surface area (Å²) in [4.78, 5) is 11.3. The van der Waals surface area contributed by atoms with Crippen LogP contribution in [0.15, 0.2) is 0 Å². The van der Waals surface area contributed by atoms with Crippen LogP contribution in [0.25, 0.3) is 0 Å². The highest BCUT2D eigenvalue weighted by Gasteiger charge is 2.22. The first-order valence-electron chi connectivity index (χ1n) is 5.54. The lowest BCUT2D eigenvalue weighted by Gasteiger charge is -2.21. The molecule has 0 saturated carbocycles. The Labute approximate surface area is 96.3 Å². The van der Waals surface area contributed by atoms with Crippen LogP contribution in [-0.2, 0) is 9.53 Å². The average molecular weight is 231 g/mol. The van der Waals surface area contributed by atoms with Gasteiger partial charge in [-0.2, -0.15) is 11.8 Å². The van der Waals surface area contributed by atoms with E-state index in [0.717, 1.165) is 12.5 Å². The van der Waals surface area contributed by atoms with Crippen molar-refractivity contribution in [3.63, 3.8) is 0 Å². The first-order chi connectivity index (χ1) is 7.15. The standard InChI is InChI=1S/C11H21NO2S/c1-8(11(13)14-3)9(2)12-6-10-4-5-15-7-10/h8-10,12H,4-7H2,1-3H3. The minimum absolute atomic E-state index is 0.0657. The van der Waals surface area contributed by atoms with Crippen LogP contribution < -0.4 is 5.32 Å². The molecule has 1 saturated heterocycles. The number of carbonyl (C=O) groups is 1. The van der Waals surface area contributed by atoms with Crippen molar-refractivity contribution in [1.29, 1.82) is 0 Å². The van der Waals surface area contributed by atoms with Gasteiger partial charge in [-0.3, -0.25) is 4.79 Å². The van der Waals surface area contributed by atoms with Gasteiger partial charge in [-0.25, -0.2) is 0 Å². The van der Waals surface area contributed by atoms with E-state index in [0.29, 0.717) is 0 Å². The SMILES string of the molecule is COC(=O)C(C)C(C)NCC1CCSC1. The topological polar surface area (TPSA) is 38.3 Å². The fourth-order valence-corrected chi connectivity index (χ4v) is 2.95. The van der Waals surface area contributed by atoms with E-state index < -0.39 is 0 Å². The molecule has 1 fully saturated rings. The van der Waals surface area contributed by atoms with Crippen molar-refractivity contribution in [3.8, 4) is 0 Å². The molecule has 0 radical (unpaired) electrons. The minimum Gasteiger partial charge on any atom is -0.469 e. The lowest BCUT2D eigenvalue weighted by molar-refractivity contribution is -0.145. The highest BCUT2D eigenvalue weighted by atomic mass is 32.2. The summed E-state index contributed by atoms with van der Waals surface area (Å²) in [7, 11) is 1.44. The number of carbonyl (C=O) groups excluding carboxylic acids is 1. The lowest BCUT2D eigenvalue weighted by atomic mass is 10.0. The van der Waals surface area contributed by atoms with Gasteiger partial charge in [0.2, 0.25) is 0 Å². The second kappa shape index (κ2) is 6.38. The largest absolute Gasteiger partial charge is 0.469 e. The quantitative estimate of drug-likeness (QED) is 0.728. The van der Waals surface area contributed by atoms with E-state index in [4.69, 9.17) is 4.74 Å². The highest BCUT2D eigenvalue weighted by molar-refractivity contribution is 7.99. The van der Waals surface area contributed by atoms with Gasteiger partial charge in [0, 0.05) is 6.04 Å². The lowest BCUT2D eigenvalue weighted by Crippen LogP contribution is -2.39. The van der Waals surface area contributed by atoms with Crippen molar-refractivity contribution in [2.24, 2.45) is 11.8 Å².